The summed E-state index contributed by atoms with van der Waals surface area (Å²) in [6.07, 6.45) is 0. The smallest absolute Gasteiger partial charge is 0.545 e. The molecule has 1 rings (SSSR count). The summed E-state index contributed by atoms with van der Waals surface area (Å²) in [4.78, 5) is 10.4. The van der Waals surface area contributed by atoms with Gasteiger partial charge in [0.25, 0.3) is 0 Å². The first kappa shape index (κ1) is 12.3. The van der Waals surface area contributed by atoms with Crippen LogP contribution >= 0.6 is 0 Å². The Labute approximate surface area is 97.1 Å². The SMILES string of the molecule is Cc1cc(O)cc(O)c1C(=O)[O-].[Na+]. The molecule has 0 aliphatic heterocycles. The number of hydrogen-bond donors (Lipinski definition) is 2. The number of carbonyl (C=O) groups excluding carboxylic acids is 1. The van der Waals surface area contributed by atoms with E-state index >= 15 is 0 Å². The molecular weight excluding hydrogens is 183 g/mol. The molecule has 2 N–H and O–H groups in total. The van der Waals surface area contributed by atoms with Crippen LogP contribution in [0.25, 0.3) is 0 Å². The molecule has 1 aromatic carbocycles. The number of aryl methyl sites for hydroxylation is 1. The minimum atomic E-state index is -1.45. The number of carboxylic acids is 1. The summed E-state index contributed by atoms with van der Waals surface area (Å²) in [5.41, 5.74) is -0.0136. The van der Waals surface area contributed by atoms with Gasteiger partial charge in [0.2, 0.25) is 0 Å². The summed E-state index contributed by atoms with van der Waals surface area (Å²) in [5, 5.41) is 28.4. The number of benzene rings is 1. The van der Waals surface area contributed by atoms with E-state index in [4.69, 9.17) is 10.2 Å². The van der Waals surface area contributed by atoms with Gasteiger partial charge >= 0.3 is 29.6 Å². The van der Waals surface area contributed by atoms with Crippen molar-refractivity contribution in [2.75, 3.05) is 0 Å². The number of rotatable bonds is 1. The molecule has 0 saturated carbocycles. The number of carboxylic acid groups (broad SMARTS) is 1. The fourth-order valence-electron chi connectivity index (χ4n) is 1.02. The molecule has 13 heavy (non-hydrogen) atoms. The van der Waals surface area contributed by atoms with E-state index in [0.29, 0.717) is 0 Å². The summed E-state index contributed by atoms with van der Waals surface area (Å²) >= 11 is 0. The number of carbonyl (C=O) groups is 1. The topological polar surface area (TPSA) is 80.6 Å². The first-order chi connectivity index (χ1) is 5.52. The second kappa shape index (κ2) is 4.50. The monoisotopic (exact) mass is 190 g/mol. The molecule has 0 saturated heterocycles. The quantitative estimate of drug-likeness (QED) is 0.456. The maximum Gasteiger partial charge on any atom is 1.00 e. The molecular formula is C8H7NaO4. The number of hydrogen-bond acceptors (Lipinski definition) is 4. The third-order valence-corrected chi connectivity index (χ3v) is 1.50. The van der Waals surface area contributed by atoms with Crippen LogP contribution in [-0.2, 0) is 0 Å². The molecule has 0 heterocycles. The molecule has 0 aliphatic rings. The maximum atomic E-state index is 10.4. The summed E-state index contributed by atoms with van der Waals surface area (Å²) in [6.45, 7) is 1.46. The Bertz CT molecular complexity index is 312. The van der Waals surface area contributed by atoms with E-state index in [9.17, 15) is 9.90 Å². The summed E-state index contributed by atoms with van der Waals surface area (Å²) in [7, 11) is 0. The zero-order valence-corrected chi connectivity index (χ0v) is 9.37. The number of phenolic OH excluding ortho intramolecular Hbond substituents is 1. The Balaban J connectivity index is 0.00000144. The van der Waals surface area contributed by atoms with Gasteiger partial charge in [-0.05, 0) is 18.6 Å². The van der Waals surface area contributed by atoms with E-state index in [-0.39, 0.29) is 46.4 Å². The Morgan fingerprint density at radius 2 is 1.92 bits per heavy atom. The molecule has 0 bridgehead atoms. The zero-order chi connectivity index (χ0) is 9.30. The molecule has 0 radical (unpaired) electrons. The van der Waals surface area contributed by atoms with Crippen LogP contribution in [0, 0.1) is 6.92 Å². The first-order valence-corrected chi connectivity index (χ1v) is 3.26. The molecule has 64 valence electrons. The first-order valence-electron chi connectivity index (χ1n) is 3.26. The van der Waals surface area contributed by atoms with E-state index in [2.05, 4.69) is 0 Å². The molecule has 0 aromatic heterocycles. The Morgan fingerprint density at radius 1 is 1.38 bits per heavy atom. The molecule has 0 atom stereocenters. The van der Waals surface area contributed by atoms with E-state index in [1.165, 1.54) is 13.0 Å². The molecule has 0 spiro atoms. The fourth-order valence-corrected chi connectivity index (χ4v) is 1.02. The summed E-state index contributed by atoms with van der Waals surface area (Å²) in [6, 6.07) is 2.20. The Kier molecular flexibility index (Phi) is 4.26. The van der Waals surface area contributed by atoms with Gasteiger partial charge < -0.3 is 20.1 Å². The average Bonchev–Trinajstić information content (AvgIpc) is 1.82. The van der Waals surface area contributed by atoms with Crippen LogP contribution in [0.3, 0.4) is 0 Å². The Hall–Kier alpha value is -0.710. The van der Waals surface area contributed by atoms with Crippen molar-refractivity contribution in [2.24, 2.45) is 0 Å². The van der Waals surface area contributed by atoms with E-state index in [0.717, 1.165) is 6.07 Å². The predicted octanol–water partition coefficient (Wildman–Crippen LogP) is -3.23. The van der Waals surface area contributed by atoms with Crippen LogP contribution in [-0.4, -0.2) is 16.2 Å². The largest absolute Gasteiger partial charge is 1.00 e. The van der Waals surface area contributed by atoms with Crippen LogP contribution < -0.4 is 34.7 Å². The summed E-state index contributed by atoms with van der Waals surface area (Å²) < 4.78 is 0. The van der Waals surface area contributed by atoms with Crippen molar-refractivity contribution in [3.8, 4) is 11.5 Å². The standard InChI is InChI=1S/C8H8O4.Na/c1-4-2-5(9)3-6(10)7(4)8(11)12;/h2-3,9-10H,1H3,(H,11,12);/q;+1/p-1. The van der Waals surface area contributed by atoms with Crippen molar-refractivity contribution in [1.82, 2.24) is 0 Å². The molecule has 0 amide bonds. The van der Waals surface area contributed by atoms with Gasteiger partial charge in [0.05, 0.1) is 5.97 Å². The normalized spacial score (nSPS) is 9.00. The number of phenols is 2. The second-order valence-corrected chi connectivity index (χ2v) is 2.44. The average molecular weight is 190 g/mol. The van der Waals surface area contributed by atoms with Crippen molar-refractivity contribution >= 4 is 5.97 Å². The number of aromatic hydroxyl groups is 2. The van der Waals surface area contributed by atoms with E-state index < -0.39 is 11.7 Å². The third-order valence-electron chi connectivity index (χ3n) is 1.50. The fraction of sp³-hybridized carbons (Fsp3) is 0.125. The number of aromatic carboxylic acids is 1. The minimum Gasteiger partial charge on any atom is -0.545 e. The van der Waals surface area contributed by atoms with Gasteiger partial charge in [0.1, 0.15) is 11.5 Å². The molecule has 0 unspecified atom stereocenters. The van der Waals surface area contributed by atoms with Crippen molar-refractivity contribution in [1.29, 1.82) is 0 Å². The minimum absolute atomic E-state index is 0. The van der Waals surface area contributed by atoms with Crippen molar-refractivity contribution in [3.63, 3.8) is 0 Å². The second-order valence-electron chi connectivity index (χ2n) is 2.44. The van der Waals surface area contributed by atoms with Crippen molar-refractivity contribution in [2.45, 2.75) is 6.92 Å². The van der Waals surface area contributed by atoms with Crippen LogP contribution in [0.5, 0.6) is 11.5 Å². The van der Waals surface area contributed by atoms with Crippen molar-refractivity contribution in [3.05, 3.63) is 23.3 Å². The summed E-state index contributed by atoms with van der Waals surface area (Å²) in [5.74, 6) is -2.10. The third kappa shape index (κ3) is 2.62. The van der Waals surface area contributed by atoms with Gasteiger partial charge in [0.15, 0.2) is 0 Å². The molecule has 5 heteroatoms. The van der Waals surface area contributed by atoms with Crippen LogP contribution in [0.2, 0.25) is 0 Å². The van der Waals surface area contributed by atoms with Crippen LogP contribution in [0.15, 0.2) is 12.1 Å². The van der Waals surface area contributed by atoms with Gasteiger partial charge in [-0.25, -0.2) is 0 Å². The van der Waals surface area contributed by atoms with Crippen LogP contribution in [0.4, 0.5) is 0 Å². The maximum absolute atomic E-state index is 10.4. The Morgan fingerprint density at radius 3 is 2.31 bits per heavy atom. The van der Waals surface area contributed by atoms with Gasteiger partial charge in [0, 0.05) is 11.6 Å². The van der Waals surface area contributed by atoms with Crippen molar-refractivity contribution < 1.29 is 49.7 Å². The predicted molar refractivity (Wildman–Crippen MR) is 38.8 cm³/mol. The van der Waals surface area contributed by atoms with Gasteiger partial charge in [-0.15, -0.1) is 0 Å². The van der Waals surface area contributed by atoms with Gasteiger partial charge in [-0.2, -0.15) is 0 Å². The van der Waals surface area contributed by atoms with E-state index in [1.807, 2.05) is 0 Å². The zero-order valence-electron chi connectivity index (χ0n) is 7.37. The van der Waals surface area contributed by atoms with Crippen LogP contribution in [0.1, 0.15) is 15.9 Å². The molecule has 0 fully saturated rings. The van der Waals surface area contributed by atoms with Gasteiger partial charge in [-0.1, -0.05) is 0 Å². The molecule has 0 aliphatic carbocycles. The van der Waals surface area contributed by atoms with E-state index in [1.54, 1.807) is 0 Å². The molecule has 4 nitrogen and oxygen atoms in total. The molecule has 1 aromatic rings. The van der Waals surface area contributed by atoms with Gasteiger partial charge in [-0.3, -0.25) is 0 Å².